The lowest BCUT2D eigenvalue weighted by Gasteiger charge is -2.11. The van der Waals surface area contributed by atoms with Gasteiger partial charge in [-0.25, -0.2) is 5.10 Å². The van der Waals surface area contributed by atoms with E-state index in [1.807, 2.05) is 24.3 Å². The van der Waals surface area contributed by atoms with E-state index in [-0.39, 0.29) is 0 Å². The largest absolute Gasteiger partial charge is 0.497 e. The van der Waals surface area contributed by atoms with Crippen LogP contribution in [0.15, 0.2) is 41.5 Å². The summed E-state index contributed by atoms with van der Waals surface area (Å²) in [5.41, 5.74) is 1.50. The predicted molar refractivity (Wildman–Crippen MR) is 108 cm³/mol. The maximum absolute atomic E-state index is 5.43. The van der Waals surface area contributed by atoms with Crippen LogP contribution in [0.5, 0.6) is 23.0 Å². The molecule has 0 aliphatic carbocycles. The molecule has 3 aromatic rings. The van der Waals surface area contributed by atoms with Gasteiger partial charge in [0.1, 0.15) is 11.5 Å². The monoisotopic (exact) mass is 400 g/mol. The standard InChI is InChI=1S/C19H20N4O4S/c1-24-14-7-5-6-12(8-14)18-21-22-19(28)23(18)20-11-13-9-16(26-3)17(27-4)10-15(13)25-2/h5-11H,1-4H3,(H,22,28)/b20-11+. The van der Waals surface area contributed by atoms with Crippen molar-refractivity contribution >= 4 is 18.4 Å². The number of rotatable bonds is 7. The topological polar surface area (TPSA) is 82.9 Å². The number of nitrogens with one attached hydrogen (secondary N) is 1. The van der Waals surface area contributed by atoms with Gasteiger partial charge in [0.05, 0.1) is 34.7 Å². The molecule has 9 heteroatoms. The number of aromatic nitrogens is 3. The van der Waals surface area contributed by atoms with Crippen molar-refractivity contribution in [2.75, 3.05) is 28.4 Å². The number of nitrogens with zero attached hydrogens (tertiary/aromatic N) is 3. The molecular formula is C19H20N4O4S. The number of ether oxygens (including phenoxy) is 4. The molecule has 0 radical (unpaired) electrons. The Balaban J connectivity index is 2.04. The summed E-state index contributed by atoms with van der Waals surface area (Å²) in [5, 5.41) is 11.5. The van der Waals surface area contributed by atoms with Crippen LogP contribution < -0.4 is 18.9 Å². The number of methoxy groups -OCH3 is 4. The van der Waals surface area contributed by atoms with Crippen LogP contribution >= 0.6 is 12.2 Å². The van der Waals surface area contributed by atoms with Crippen LogP contribution in [0.3, 0.4) is 0 Å². The number of H-pyrrole nitrogens is 1. The minimum Gasteiger partial charge on any atom is -0.497 e. The van der Waals surface area contributed by atoms with E-state index >= 15 is 0 Å². The van der Waals surface area contributed by atoms with Crippen molar-refractivity contribution in [3.8, 4) is 34.4 Å². The Kier molecular flexibility index (Phi) is 5.95. The van der Waals surface area contributed by atoms with Crippen molar-refractivity contribution in [3.05, 3.63) is 46.7 Å². The summed E-state index contributed by atoms with van der Waals surface area (Å²) in [7, 11) is 6.32. The summed E-state index contributed by atoms with van der Waals surface area (Å²) in [4.78, 5) is 0. The molecule has 0 atom stereocenters. The molecule has 0 aliphatic rings. The van der Waals surface area contributed by atoms with Gasteiger partial charge in [-0.3, -0.25) is 0 Å². The zero-order valence-corrected chi connectivity index (χ0v) is 16.7. The fourth-order valence-corrected chi connectivity index (χ4v) is 2.80. The molecule has 0 saturated heterocycles. The van der Waals surface area contributed by atoms with E-state index in [0.29, 0.717) is 39.2 Å². The first-order chi connectivity index (χ1) is 13.6. The molecule has 0 unspecified atom stereocenters. The van der Waals surface area contributed by atoms with Crippen LogP contribution in [0, 0.1) is 4.77 Å². The fraction of sp³-hybridized carbons (Fsp3) is 0.211. The van der Waals surface area contributed by atoms with Crippen molar-refractivity contribution in [3.63, 3.8) is 0 Å². The van der Waals surface area contributed by atoms with Crippen LogP contribution in [0.1, 0.15) is 5.56 Å². The highest BCUT2D eigenvalue weighted by Gasteiger charge is 2.12. The number of aromatic amines is 1. The Morgan fingerprint density at radius 1 is 0.964 bits per heavy atom. The summed E-state index contributed by atoms with van der Waals surface area (Å²) in [6.45, 7) is 0. The van der Waals surface area contributed by atoms with Crippen molar-refractivity contribution in [2.45, 2.75) is 0 Å². The molecule has 0 saturated carbocycles. The summed E-state index contributed by atoms with van der Waals surface area (Å²) in [6.07, 6.45) is 1.62. The van der Waals surface area contributed by atoms with Crippen molar-refractivity contribution in [2.24, 2.45) is 5.10 Å². The third kappa shape index (κ3) is 3.84. The minimum absolute atomic E-state index is 0.355. The third-order valence-electron chi connectivity index (χ3n) is 4.03. The van der Waals surface area contributed by atoms with Crippen LogP contribution in [0.25, 0.3) is 11.4 Å². The Morgan fingerprint density at radius 2 is 1.68 bits per heavy atom. The van der Waals surface area contributed by atoms with Gasteiger partial charge in [0.2, 0.25) is 4.77 Å². The first-order valence-corrected chi connectivity index (χ1v) is 8.68. The molecular weight excluding hydrogens is 380 g/mol. The van der Waals surface area contributed by atoms with Gasteiger partial charge < -0.3 is 18.9 Å². The molecule has 0 fully saturated rings. The normalized spacial score (nSPS) is 10.9. The smallest absolute Gasteiger partial charge is 0.216 e. The van der Waals surface area contributed by atoms with Gasteiger partial charge in [0, 0.05) is 17.2 Å². The van der Waals surface area contributed by atoms with E-state index in [9.17, 15) is 0 Å². The lowest BCUT2D eigenvalue weighted by molar-refractivity contribution is 0.349. The van der Waals surface area contributed by atoms with E-state index in [2.05, 4.69) is 15.3 Å². The van der Waals surface area contributed by atoms with Crippen molar-refractivity contribution < 1.29 is 18.9 Å². The Bertz CT molecular complexity index is 1060. The molecule has 0 spiro atoms. The van der Waals surface area contributed by atoms with Crippen LogP contribution in [-0.2, 0) is 0 Å². The predicted octanol–water partition coefficient (Wildman–Crippen LogP) is 3.52. The summed E-state index contributed by atoms with van der Waals surface area (Å²) in [6, 6.07) is 11.0. The molecule has 2 aromatic carbocycles. The minimum atomic E-state index is 0.355. The van der Waals surface area contributed by atoms with Gasteiger partial charge >= 0.3 is 0 Å². The zero-order chi connectivity index (χ0) is 20.1. The van der Waals surface area contributed by atoms with Crippen LogP contribution in [0.4, 0.5) is 0 Å². The van der Waals surface area contributed by atoms with E-state index in [0.717, 1.165) is 5.56 Å². The number of benzene rings is 2. The maximum Gasteiger partial charge on any atom is 0.216 e. The fourth-order valence-electron chi connectivity index (χ4n) is 2.62. The van der Waals surface area contributed by atoms with E-state index in [1.54, 1.807) is 46.8 Å². The Morgan fingerprint density at radius 3 is 2.36 bits per heavy atom. The Labute approximate surface area is 167 Å². The highest BCUT2D eigenvalue weighted by atomic mass is 32.1. The quantitative estimate of drug-likeness (QED) is 0.483. The summed E-state index contributed by atoms with van der Waals surface area (Å²) < 4.78 is 23.2. The van der Waals surface area contributed by atoms with Crippen molar-refractivity contribution in [1.29, 1.82) is 0 Å². The van der Waals surface area contributed by atoms with Gasteiger partial charge in [0.15, 0.2) is 17.3 Å². The van der Waals surface area contributed by atoms with E-state index < -0.39 is 0 Å². The second-order valence-electron chi connectivity index (χ2n) is 5.59. The molecule has 0 bridgehead atoms. The average molecular weight is 400 g/mol. The second-order valence-corrected chi connectivity index (χ2v) is 5.98. The molecule has 146 valence electrons. The van der Waals surface area contributed by atoms with Gasteiger partial charge in [-0.1, -0.05) is 12.1 Å². The van der Waals surface area contributed by atoms with E-state index in [4.69, 9.17) is 31.2 Å². The molecule has 0 aliphatic heterocycles. The number of hydrogen-bond donors (Lipinski definition) is 1. The maximum atomic E-state index is 5.43. The zero-order valence-electron chi connectivity index (χ0n) is 15.9. The van der Waals surface area contributed by atoms with E-state index in [1.165, 1.54) is 4.68 Å². The molecule has 8 nitrogen and oxygen atoms in total. The van der Waals surface area contributed by atoms with Crippen LogP contribution in [0.2, 0.25) is 0 Å². The molecule has 0 amide bonds. The highest BCUT2D eigenvalue weighted by Crippen LogP contribution is 2.34. The van der Waals surface area contributed by atoms with Crippen molar-refractivity contribution in [1.82, 2.24) is 14.9 Å². The second kappa shape index (κ2) is 8.57. The molecule has 1 heterocycles. The van der Waals surface area contributed by atoms with Gasteiger partial charge in [-0.05, 0) is 30.4 Å². The Hall–Kier alpha value is -3.33. The van der Waals surface area contributed by atoms with Crippen LogP contribution in [-0.4, -0.2) is 49.5 Å². The molecule has 3 rings (SSSR count). The number of hydrogen-bond acceptors (Lipinski definition) is 7. The highest BCUT2D eigenvalue weighted by molar-refractivity contribution is 7.71. The lowest BCUT2D eigenvalue weighted by Crippen LogP contribution is -1.99. The molecule has 1 N–H and O–H groups in total. The molecule has 1 aromatic heterocycles. The lowest BCUT2D eigenvalue weighted by atomic mass is 10.2. The summed E-state index contributed by atoms with van der Waals surface area (Å²) >= 11 is 5.32. The van der Waals surface area contributed by atoms with Gasteiger partial charge in [-0.15, -0.1) is 0 Å². The SMILES string of the molecule is COc1cccc(-c2n[nH]c(=S)n2/N=C/c2cc(OC)c(OC)cc2OC)c1. The first-order valence-electron chi connectivity index (χ1n) is 8.27. The van der Waals surface area contributed by atoms with Gasteiger partial charge in [0.25, 0.3) is 0 Å². The van der Waals surface area contributed by atoms with Gasteiger partial charge in [-0.2, -0.15) is 14.9 Å². The average Bonchev–Trinajstić information content (AvgIpc) is 3.11. The summed E-state index contributed by atoms with van der Waals surface area (Å²) in [5.74, 6) is 2.98. The third-order valence-corrected chi connectivity index (χ3v) is 4.29. The first kappa shape index (κ1) is 19.4. The molecule has 28 heavy (non-hydrogen) atoms.